The molecule has 1 aromatic rings. The van der Waals surface area contributed by atoms with Crippen LogP contribution in [-0.2, 0) is 16.1 Å². The topological polar surface area (TPSA) is 96.3 Å². The van der Waals surface area contributed by atoms with E-state index in [4.69, 9.17) is 0 Å². The number of aryl methyl sites for hydroxylation is 1. The van der Waals surface area contributed by atoms with E-state index < -0.39 is 0 Å². The van der Waals surface area contributed by atoms with Gasteiger partial charge in [0.2, 0.25) is 5.91 Å². The standard InChI is InChI=1S/C11H13N5O2/c1-7-4-13-8(5-12-7)6-14-11(18)9-2-3-10(17)16-15-9/h4-5H,2-3,6H2,1H3,(H,14,18)(H,16,17). The van der Waals surface area contributed by atoms with Crippen LogP contribution in [0.4, 0.5) is 0 Å². The van der Waals surface area contributed by atoms with Crippen LogP contribution in [0.2, 0.25) is 0 Å². The van der Waals surface area contributed by atoms with Crippen molar-refractivity contribution in [2.75, 3.05) is 0 Å². The van der Waals surface area contributed by atoms with Crippen molar-refractivity contribution in [1.29, 1.82) is 0 Å². The van der Waals surface area contributed by atoms with Gasteiger partial charge in [-0.3, -0.25) is 19.6 Å². The summed E-state index contributed by atoms with van der Waals surface area (Å²) in [7, 11) is 0. The van der Waals surface area contributed by atoms with Gasteiger partial charge in [-0.25, -0.2) is 5.43 Å². The maximum Gasteiger partial charge on any atom is 0.267 e. The van der Waals surface area contributed by atoms with Gasteiger partial charge >= 0.3 is 0 Å². The predicted molar refractivity (Wildman–Crippen MR) is 63.4 cm³/mol. The second kappa shape index (κ2) is 5.35. The Morgan fingerprint density at radius 3 is 2.83 bits per heavy atom. The predicted octanol–water partition coefficient (Wildman–Crippen LogP) is -0.333. The molecule has 2 amide bonds. The van der Waals surface area contributed by atoms with Gasteiger partial charge in [0.15, 0.2) is 0 Å². The van der Waals surface area contributed by atoms with Crippen molar-refractivity contribution >= 4 is 17.5 Å². The molecule has 1 aromatic heterocycles. The zero-order valence-electron chi connectivity index (χ0n) is 9.93. The molecule has 94 valence electrons. The summed E-state index contributed by atoms with van der Waals surface area (Å²) in [6.45, 7) is 2.13. The van der Waals surface area contributed by atoms with Crippen molar-refractivity contribution in [2.24, 2.45) is 5.10 Å². The van der Waals surface area contributed by atoms with Crippen LogP contribution in [0.5, 0.6) is 0 Å². The highest BCUT2D eigenvalue weighted by molar-refractivity contribution is 6.39. The maximum atomic E-state index is 11.7. The summed E-state index contributed by atoms with van der Waals surface area (Å²) in [6, 6.07) is 0. The summed E-state index contributed by atoms with van der Waals surface area (Å²) in [5.41, 5.74) is 4.11. The van der Waals surface area contributed by atoms with Crippen molar-refractivity contribution in [1.82, 2.24) is 20.7 Å². The summed E-state index contributed by atoms with van der Waals surface area (Å²) >= 11 is 0. The van der Waals surface area contributed by atoms with E-state index in [9.17, 15) is 9.59 Å². The molecule has 2 heterocycles. The summed E-state index contributed by atoms with van der Waals surface area (Å²) < 4.78 is 0. The number of nitrogens with zero attached hydrogens (tertiary/aromatic N) is 3. The third-order valence-corrected chi connectivity index (χ3v) is 2.43. The van der Waals surface area contributed by atoms with Crippen LogP contribution in [0, 0.1) is 6.92 Å². The lowest BCUT2D eigenvalue weighted by Crippen LogP contribution is -2.36. The van der Waals surface area contributed by atoms with Crippen molar-refractivity contribution < 1.29 is 9.59 Å². The van der Waals surface area contributed by atoms with E-state index in [0.717, 1.165) is 5.69 Å². The first-order valence-corrected chi connectivity index (χ1v) is 5.56. The van der Waals surface area contributed by atoms with E-state index in [0.29, 0.717) is 24.4 Å². The fourth-order valence-electron chi connectivity index (χ4n) is 1.42. The third-order valence-electron chi connectivity index (χ3n) is 2.43. The molecule has 0 bridgehead atoms. The Balaban J connectivity index is 1.88. The zero-order chi connectivity index (χ0) is 13.0. The molecule has 18 heavy (non-hydrogen) atoms. The van der Waals surface area contributed by atoms with E-state index in [1.807, 2.05) is 6.92 Å². The Morgan fingerprint density at radius 1 is 1.39 bits per heavy atom. The largest absolute Gasteiger partial charge is 0.345 e. The number of carbonyl (C=O) groups is 2. The van der Waals surface area contributed by atoms with Gasteiger partial charge in [-0.15, -0.1) is 0 Å². The van der Waals surface area contributed by atoms with Gasteiger partial charge in [0, 0.05) is 19.0 Å². The highest BCUT2D eigenvalue weighted by Crippen LogP contribution is 2.00. The van der Waals surface area contributed by atoms with Gasteiger partial charge in [-0.2, -0.15) is 5.10 Å². The molecule has 7 nitrogen and oxygen atoms in total. The minimum absolute atomic E-state index is 0.170. The first kappa shape index (κ1) is 12.2. The molecule has 0 unspecified atom stereocenters. The lowest BCUT2D eigenvalue weighted by Gasteiger charge is -2.11. The van der Waals surface area contributed by atoms with Gasteiger partial charge in [-0.1, -0.05) is 0 Å². The smallest absolute Gasteiger partial charge is 0.267 e. The minimum atomic E-state index is -0.294. The molecule has 0 aromatic carbocycles. The summed E-state index contributed by atoms with van der Waals surface area (Å²) in [4.78, 5) is 30.8. The summed E-state index contributed by atoms with van der Waals surface area (Å²) in [5.74, 6) is -0.465. The third kappa shape index (κ3) is 3.09. The second-order valence-electron chi connectivity index (χ2n) is 3.93. The number of hydrogen-bond acceptors (Lipinski definition) is 5. The Kier molecular flexibility index (Phi) is 3.61. The molecule has 2 N–H and O–H groups in total. The van der Waals surface area contributed by atoms with Crippen LogP contribution < -0.4 is 10.7 Å². The molecule has 1 aliphatic heterocycles. The molecule has 2 rings (SSSR count). The average Bonchev–Trinajstić information content (AvgIpc) is 2.38. The number of carbonyl (C=O) groups excluding carboxylic acids is 2. The number of hydrazone groups is 1. The van der Waals surface area contributed by atoms with Gasteiger partial charge in [0.05, 0.1) is 24.1 Å². The van der Waals surface area contributed by atoms with Crippen LogP contribution in [-0.4, -0.2) is 27.5 Å². The monoisotopic (exact) mass is 247 g/mol. The Morgan fingerprint density at radius 2 is 2.22 bits per heavy atom. The average molecular weight is 247 g/mol. The van der Waals surface area contributed by atoms with Gasteiger partial charge < -0.3 is 5.32 Å². The van der Waals surface area contributed by atoms with Crippen LogP contribution in [0.3, 0.4) is 0 Å². The van der Waals surface area contributed by atoms with E-state index in [1.165, 1.54) is 0 Å². The number of amides is 2. The fourth-order valence-corrected chi connectivity index (χ4v) is 1.42. The lowest BCUT2D eigenvalue weighted by atomic mass is 10.1. The fraction of sp³-hybridized carbons (Fsp3) is 0.364. The first-order chi connectivity index (χ1) is 8.65. The van der Waals surface area contributed by atoms with Crippen molar-refractivity contribution in [3.8, 4) is 0 Å². The van der Waals surface area contributed by atoms with Gasteiger partial charge in [0.1, 0.15) is 5.71 Å². The van der Waals surface area contributed by atoms with E-state index >= 15 is 0 Å². The lowest BCUT2D eigenvalue weighted by molar-refractivity contribution is -0.121. The number of rotatable bonds is 3. The van der Waals surface area contributed by atoms with Crippen molar-refractivity contribution in [2.45, 2.75) is 26.3 Å². The molecule has 0 spiro atoms. The number of aromatic nitrogens is 2. The molecule has 0 saturated carbocycles. The Labute approximate surface area is 104 Å². The maximum absolute atomic E-state index is 11.7. The molecule has 0 radical (unpaired) electrons. The zero-order valence-corrected chi connectivity index (χ0v) is 9.93. The highest BCUT2D eigenvalue weighted by atomic mass is 16.2. The number of hydrogen-bond donors (Lipinski definition) is 2. The molecular weight excluding hydrogens is 234 g/mol. The second-order valence-corrected chi connectivity index (χ2v) is 3.93. The summed E-state index contributed by atoms with van der Waals surface area (Å²) in [5, 5.41) is 6.39. The van der Waals surface area contributed by atoms with Crippen molar-refractivity contribution in [3.05, 3.63) is 23.8 Å². The normalized spacial score (nSPS) is 14.7. The minimum Gasteiger partial charge on any atom is -0.345 e. The molecule has 0 fully saturated rings. The van der Waals surface area contributed by atoms with Crippen molar-refractivity contribution in [3.63, 3.8) is 0 Å². The highest BCUT2D eigenvalue weighted by Gasteiger charge is 2.17. The van der Waals surface area contributed by atoms with Crippen LogP contribution in [0.15, 0.2) is 17.5 Å². The van der Waals surface area contributed by atoms with Gasteiger partial charge in [-0.05, 0) is 6.92 Å². The van der Waals surface area contributed by atoms with E-state index in [2.05, 4.69) is 25.8 Å². The number of nitrogens with one attached hydrogen (secondary N) is 2. The Bertz CT molecular complexity index is 495. The van der Waals surface area contributed by atoms with E-state index in [-0.39, 0.29) is 18.2 Å². The SMILES string of the molecule is Cc1cnc(CNC(=O)C2=NNC(=O)CC2)cn1. The molecular formula is C11H13N5O2. The van der Waals surface area contributed by atoms with Gasteiger partial charge in [0.25, 0.3) is 5.91 Å². The van der Waals surface area contributed by atoms with Crippen LogP contribution in [0.25, 0.3) is 0 Å². The molecule has 0 atom stereocenters. The summed E-state index contributed by atoms with van der Waals surface area (Å²) in [6.07, 6.45) is 3.90. The first-order valence-electron chi connectivity index (χ1n) is 5.56. The quantitative estimate of drug-likeness (QED) is 0.764. The molecule has 7 heteroatoms. The van der Waals surface area contributed by atoms with E-state index in [1.54, 1.807) is 12.4 Å². The van der Waals surface area contributed by atoms with Crippen LogP contribution in [0.1, 0.15) is 24.2 Å². The van der Waals surface area contributed by atoms with Crippen LogP contribution >= 0.6 is 0 Å². The Hall–Kier alpha value is -2.31. The molecule has 0 saturated heterocycles. The molecule has 0 aliphatic carbocycles. The molecule has 1 aliphatic rings.